The number of pyridine rings is 1. The lowest BCUT2D eigenvalue weighted by Gasteiger charge is -2.31. The molecule has 0 amide bonds. The molecule has 0 bridgehead atoms. The molecule has 1 aliphatic rings. The minimum atomic E-state index is 0.478. The second-order valence-corrected chi connectivity index (χ2v) is 5.34. The lowest BCUT2D eigenvalue weighted by atomic mass is 9.81. The van der Waals surface area contributed by atoms with Crippen LogP contribution in [-0.4, -0.2) is 31.3 Å². The number of aryl methyl sites for hydroxylation is 1. The van der Waals surface area contributed by atoms with Gasteiger partial charge in [0.2, 0.25) is 0 Å². The van der Waals surface area contributed by atoms with Gasteiger partial charge < -0.3 is 10.1 Å². The number of nitrogens with one attached hydrogen (secondary N) is 1. The van der Waals surface area contributed by atoms with E-state index >= 15 is 0 Å². The largest absolute Gasteiger partial charge is 0.381 e. The van der Waals surface area contributed by atoms with Crippen LogP contribution in [0.15, 0.2) is 18.3 Å². The van der Waals surface area contributed by atoms with Crippen LogP contribution in [0.1, 0.15) is 49.8 Å². The average Bonchev–Trinajstić information content (AvgIpc) is 2.47. The van der Waals surface area contributed by atoms with Gasteiger partial charge in [-0.1, -0.05) is 13.0 Å². The fourth-order valence-electron chi connectivity index (χ4n) is 3.04. The summed E-state index contributed by atoms with van der Waals surface area (Å²) in [4.78, 5) is 4.63. The fraction of sp³-hybridized carbons (Fsp3) is 0.688. The first kappa shape index (κ1) is 14.5. The molecule has 0 saturated carbocycles. The maximum Gasteiger partial charge on any atom is 0.0481 e. The Balaban J connectivity index is 1.99. The molecule has 106 valence electrons. The lowest BCUT2D eigenvalue weighted by molar-refractivity contribution is 0.121. The highest BCUT2D eigenvalue weighted by Gasteiger charge is 2.27. The van der Waals surface area contributed by atoms with E-state index in [9.17, 15) is 0 Å². The summed E-state index contributed by atoms with van der Waals surface area (Å²) in [7, 11) is 2.06. The van der Waals surface area contributed by atoms with Gasteiger partial charge in [0.25, 0.3) is 0 Å². The van der Waals surface area contributed by atoms with Gasteiger partial charge in [-0.25, -0.2) is 0 Å². The quantitative estimate of drug-likeness (QED) is 0.767. The van der Waals surface area contributed by atoms with Crippen LogP contribution < -0.4 is 5.32 Å². The SMILES string of the molecule is CCCOCCC(NC)C1CCCc2cccnc21. The Morgan fingerprint density at radius 1 is 1.47 bits per heavy atom. The first-order valence-corrected chi connectivity index (χ1v) is 7.55. The van der Waals surface area contributed by atoms with Crippen molar-refractivity contribution >= 4 is 0 Å². The molecule has 2 rings (SSSR count). The predicted molar refractivity (Wildman–Crippen MR) is 78.5 cm³/mol. The molecule has 3 heteroatoms. The van der Waals surface area contributed by atoms with Crippen LogP contribution in [0.4, 0.5) is 0 Å². The Morgan fingerprint density at radius 3 is 3.16 bits per heavy atom. The molecule has 1 aromatic rings. The van der Waals surface area contributed by atoms with Gasteiger partial charge in [0.15, 0.2) is 0 Å². The van der Waals surface area contributed by atoms with Gasteiger partial charge in [0.05, 0.1) is 0 Å². The van der Waals surface area contributed by atoms with Crippen molar-refractivity contribution in [3.8, 4) is 0 Å². The smallest absolute Gasteiger partial charge is 0.0481 e. The summed E-state index contributed by atoms with van der Waals surface area (Å²) >= 11 is 0. The van der Waals surface area contributed by atoms with E-state index in [1.54, 1.807) is 0 Å². The molecular weight excluding hydrogens is 236 g/mol. The van der Waals surface area contributed by atoms with Gasteiger partial charge in [-0.05, 0) is 50.8 Å². The number of hydrogen-bond donors (Lipinski definition) is 1. The van der Waals surface area contributed by atoms with E-state index in [0.717, 1.165) is 26.1 Å². The van der Waals surface area contributed by atoms with Gasteiger partial charge in [-0.2, -0.15) is 0 Å². The zero-order valence-corrected chi connectivity index (χ0v) is 12.2. The van der Waals surface area contributed by atoms with Crippen molar-refractivity contribution in [1.82, 2.24) is 10.3 Å². The molecular formula is C16H26N2O. The number of ether oxygens (including phenoxy) is 1. The Bertz CT molecular complexity index is 381. The van der Waals surface area contributed by atoms with E-state index in [0.29, 0.717) is 12.0 Å². The summed E-state index contributed by atoms with van der Waals surface area (Å²) in [5, 5.41) is 3.47. The van der Waals surface area contributed by atoms with Gasteiger partial charge in [-0.3, -0.25) is 4.98 Å². The number of nitrogens with zero attached hydrogens (tertiary/aromatic N) is 1. The molecule has 1 N–H and O–H groups in total. The number of hydrogen-bond acceptors (Lipinski definition) is 3. The van der Waals surface area contributed by atoms with Crippen molar-refractivity contribution in [2.75, 3.05) is 20.3 Å². The molecule has 0 aromatic carbocycles. The van der Waals surface area contributed by atoms with Gasteiger partial charge in [-0.15, -0.1) is 0 Å². The van der Waals surface area contributed by atoms with E-state index in [2.05, 4.69) is 36.4 Å². The summed E-state index contributed by atoms with van der Waals surface area (Å²) in [5.74, 6) is 0.542. The second-order valence-electron chi connectivity index (χ2n) is 5.34. The van der Waals surface area contributed by atoms with Crippen molar-refractivity contribution < 1.29 is 4.74 Å². The average molecular weight is 262 g/mol. The maximum absolute atomic E-state index is 5.63. The summed E-state index contributed by atoms with van der Waals surface area (Å²) in [6.45, 7) is 3.87. The molecule has 1 aromatic heterocycles. The molecule has 2 unspecified atom stereocenters. The molecule has 0 saturated heterocycles. The Morgan fingerprint density at radius 2 is 2.37 bits per heavy atom. The molecule has 19 heavy (non-hydrogen) atoms. The number of aromatic nitrogens is 1. The highest BCUT2D eigenvalue weighted by molar-refractivity contribution is 5.27. The third-order valence-corrected chi connectivity index (χ3v) is 4.02. The summed E-state index contributed by atoms with van der Waals surface area (Å²) in [5.41, 5.74) is 2.75. The number of likely N-dealkylation sites (N-methyl/N-ethyl adjacent to an activating group) is 1. The summed E-state index contributed by atoms with van der Waals surface area (Å²) in [6, 6.07) is 4.76. The third kappa shape index (κ3) is 3.77. The normalized spacial score (nSPS) is 20.0. The molecule has 1 heterocycles. The Labute approximate surface area is 116 Å². The van der Waals surface area contributed by atoms with E-state index in [4.69, 9.17) is 4.74 Å². The minimum Gasteiger partial charge on any atom is -0.381 e. The van der Waals surface area contributed by atoms with Crippen LogP contribution in [0.2, 0.25) is 0 Å². The third-order valence-electron chi connectivity index (χ3n) is 4.02. The van der Waals surface area contributed by atoms with Crippen molar-refractivity contribution in [2.45, 2.75) is 51.0 Å². The van der Waals surface area contributed by atoms with Crippen LogP contribution in [-0.2, 0) is 11.2 Å². The van der Waals surface area contributed by atoms with E-state index in [-0.39, 0.29) is 0 Å². The molecule has 3 nitrogen and oxygen atoms in total. The van der Waals surface area contributed by atoms with E-state index in [1.807, 2.05) is 6.20 Å². The second kappa shape index (κ2) is 7.61. The Hall–Kier alpha value is -0.930. The van der Waals surface area contributed by atoms with Crippen LogP contribution in [0.25, 0.3) is 0 Å². The number of fused-ring (bicyclic) bond motifs is 1. The molecule has 0 aliphatic heterocycles. The highest BCUT2D eigenvalue weighted by Crippen LogP contribution is 2.33. The van der Waals surface area contributed by atoms with Gasteiger partial charge in [0, 0.05) is 37.1 Å². The standard InChI is InChI=1S/C16H26N2O/c1-3-11-19-12-9-15(17-2)14-8-4-6-13-7-5-10-18-16(13)14/h5,7,10,14-15,17H,3-4,6,8-9,11-12H2,1-2H3. The van der Waals surface area contributed by atoms with Crippen molar-refractivity contribution in [1.29, 1.82) is 0 Å². The van der Waals surface area contributed by atoms with Crippen LogP contribution >= 0.6 is 0 Å². The van der Waals surface area contributed by atoms with Crippen molar-refractivity contribution in [3.05, 3.63) is 29.6 Å². The van der Waals surface area contributed by atoms with Crippen LogP contribution in [0, 0.1) is 0 Å². The highest BCUT2D eigenvalue weighted by atomic mass is 16.5. The first-order chi connectivity index (χ1) is 9.36. The lowest BCUT2D eigenvalue weighted by Crippen LogP contribution is -2.35. The molecule has 2 atom stereocenters. The van der Waals surface area contributed by atoms with E-state index < -0.39 is 0 Å². The summed E-state index contributed by atoms with van der Waals surface area (Å²) in [6.07, 6.45) is 7.79. The van der Waals surface area contributed by atoms with E-state index in [1.165, 1.54) is 30.5 Å². The molecule has 1 aliphatic carbocycles. The summed E-state index contributed by atoms with van der Waals surface area (Å²) < 4.78 is 5.63. The Kier molecular flexibility index (Phi) is 5.80. The fourth-order valence-corrected chi connectivity index (χ4v) is 3.04. The minimum absolute atomic E-state index is 0.478. The van der Waals surface area contributed by atoms with Gasteiger partial charge >= 0.3 is 0 Å². The van der Waals surface area contributed by atoms with Crippen LogP contribution in [0.5, 0.6) is 0 Å². The zero-order chi connectivity index (χ0) is 13.5. The van der Waals surface area contributed by atoms with Crippen molar-refractivity contribution in [2.24, 2.45) is 0 Å². The topological polar surface area (TPSA) is 34.1 Å². The molecule has 0 spiro atoms. The molecule has 0 fully saturated rings. The van der Waals surface area contributed by atoms with Crippen molar-refractivity contribution in [3.63, 3.8) is 0 Å². The molecule has 0 radical (unpaired) electrons. The monoisotopic (exact) mass is 262 g/mol. The zero-order valence-electron chi connectivity index (χ0n) is 12.2. The van der Waals surface area contributed by atoms with Crippen LogP contribution in [0.3, 0.4) is 0 Å². The van der Waals surface area contributed by atoms with Gasteiger partial charge in [0.1, 0.15) is 0 Å². The maximum atomic E-state index is 5.63. The first-order valence-electron chi connectivity index (χ1n) is 7.55. The predicted octanol–water partition coefficient (Wildman–Crippen LogP) is 2.91. The number of rotatable bonds is 7.